The fourth-order valence-electron chi connectivity index (χ4n) is 2.55. The highest BCUT2D eigenvalue weighted by molar-refractivity contribution is 5.24. The van der Waals surface area contributed by atoms with Gasteiger partial charge in [-0.2, -0.15) is 0 Å². The van der Waals surface area contributed by atoms with Gasteiger partial charge in [0, 0.05) is 12.6 Å². The zero-order chi connectivity index (χ0) is 12.8. The van der Waals surface area contributed by atoms with E-state index < -0.39 is 0 Å². The average molecular weight is 247 g/mol. The van der Waals surface area contributed by atoms with Gasteiger partial charge in [0.1, 0.15) is 0 Å². The summed E-state index contributed by atoms with van der Waals surface area (Å²) >= 11 is 0. The Balaban J connectivity index is 1.72. The molecule has 0 bridgehead atoms. The molecule has 2 atom stereocenters. The van der Waals surface area contributed by atoms with Gasteiger partial charge in [0.2, 0.25) is 0 Å². The highest BCUT2D eigenvalue weighted by Crippen LogP contribution is 2.17. The summed E-state index contributed by atoms with van der Waals surface area (Å²) in [5.74, 6) is 0. The minimum absolute atomic E-state index is 0.425. The molecule has 0 aliphatic carbocycles. The maximum absolute atomic E-state index is 5.74. The van der Waals surface area contributed by atoms with Crippen LogP contribution in [0.3, 0.4) is 0 Å². The summed E-state index contributed by atoms with van der Waals surface area (Å²) in [6.07, 6.45) is 5.43. The summed E-state index contributed by atoms with van der Waals surface area (Å²) in [6, 6.07) is 9.16. The number of ether oxygens (including phenoxy) is 1. The SMILES string of the molecule is Cc1cccc(C(C)NCCC2CCCCO2)c1. The van der Waals surface area contributed by atoms with Gasteiger partial charge in [-0.3, -0.25) is 0 Å². The standard InChI is InChI=1S/C16H25NO/c1-13-6-5-7-15(12-13)14(2)17-10-9-16-8-3-4-11-18-16/h5-7,12,14,16-17H,3-4,8-11H2,1-2H3. The van der Waals surface area contributed by atoms with Crippen LogP contribution in [-0.4, -0.2) is 19.3 Å². The molecule has 1 fully saturated rings. The lowest BCUT2D eigenvalue weighted by Crippen LogP contribution is -2.27. The van der Waals surface area contributed by atoms with Crippen molar-refractivity contribution in [3.05, 3.63) is 35.4 Å². The van der Waals surface area contributed by atoms with Gasteiger partial charge in [-0.1, -0.05) is 29.8 Å². The second-order valence-electron chi connectivity index (χ2n) is 5.37. The van der Waals surface area contributed by atoms with Crippen molar-refractivity contribution < 1.29 is 4.74 Å². The molecule has 1 saturated heterocycles. The summed E-state index contributed by atoms with van der Waals surface area (Å²) in [6.45, 7) is 6.38. The Kier molecular flexibility index (Phi) is 5.21. The van der Waals surface area contributed by atoms with E-state index >= 15 is 0 Å². The van der Waals surface area contributed by atoms with Crippen LogP contribution in [0.2, 0.25) is 0 Å². The molecule has 1 aromatic carbocycles. The van der Waals surface area contributed by atoms with Gasteiger partial charge in [0.15, 0.2) is 0 Å². The van der Waals surface area contributed by atoms with E-state index in [-0.39, 0.29) is 0 Å². The predicted molar refractivity (Wildman–Crippen MR) is 75.8 cm³/mol. The molecule has 1 heterocycles. The number of rotatable bonds is 5. The molecule has 18 heavy (non-hydrogen) atoms. The molecule has 1 aliphatic heterocycles. The summed E-state index contributed by atoms with van der Waals surface area (Å²) in [5.41, 5.74) is 2.70. The largest absolute Gasteiger partial charge is 0.378 e. The number of hydrogen-bond acceptors (Lipinski definition) is 2. The van der Waals surface area contributed by atoms with Crippen molar-refractivity contribution in [2.45, 2.75) is 51.7 Å². The summed E-state index contributed by atoms with van der Waals surface area (Å²) < 4.78 is 5.74. The first kappa shape index (κ1) is 13.6. The summed E-state index contributed by atoms with van der Waals surface area (Å²) in [7, 11) is 0. The van der Waals surface area contributed by atoms with Crippen LogP contribution in [0.25, 0.3) is 0 Å². The first-order valence-electron chi connectivity index (χ1n) is 7.17. The van der Waals surface area contributed by atoms with Crippen LogP contribution in [0.15, 0.2) is 24.3 Å². The maximum atomic E-state index is 5.74. The van der Waals surface area contributed by atoms with Crippen LogP contribution in [0, 0.1) is 6.92 Å². The third-order valence-corrected chi connectivity index (χ3v) is 3.73. The molecule has 0 spiro atoms. The quantitative estimate of drug-likeness (QED) is 0.858. The molecule has 1 N–H and O–H groups in total. The van der Waals surface area contributed by atoms with E-state index in [1.807, 2.05) is 0 Å². The third kappa shape index (κ3) is 4.11. The number of benzene rings is 1. The molecule has 100 valence electrons. The minimum atomic E-state index is 0.425. The number of nitrogens with one attached hydrogen (secondary N) is 1. The van der Waals surface area contributed by atoms with Gasteiger partial charge >= 0.3 is 0 Å². The van der Waals surface area contributed by atoms with Gasteiger partial charge < -0.3 is 10.1 Å². The van der Waals surface area contributed by atoms with Crippen molar-refractivity contribution in [3.8, 4) is 0 Å². The smallest absolute Gasteiger partial charge is 0.0587 e. The molecular formula is C16H25NO. The van der Waals surface area contributed by atoms with E-state index in [0.717, 1.165) is 19.6 Å². The molecule has 0 amide bonds. The summed E-state index contributed by atoms with van der Waals surface area (Å²) in [4.78, 5) is 0. The molecule has 0 radical (unpaired) electrons. The van der Waals surface area contributed by atoms with Crippen LogP contribution in [0.5, 0.6) is 0 Å². The van der Waals surface area contributed by atoms with E-state index in [0.29, 0.717) is 12.1 Å². The monoisotopic (exact) mass is 247 g/mol. The molecule has 2 heteroatoms. The highest BCUT2D eigenvalue weighted by Gasteiger charge is 2.13. The van der Waals surface area contributed by atoms with Crippen molar-refractivity contribution in [2.24, 2.45) is 0 Å². The van der Waals surface area contributed by atoms with E-state index in [4.69, 9.17) is 4.74 Å². The number of hydrogen-bond donors (Lipinski definition) is 1. The van der Waals surface area contributed by atoms with E-state index in [1.54, 1.807) is 0 Å². The Morgan fingerprint density at radius 2 is 2.28 bits per heavy atom. The van der Waals surface area contributed by atoms with E-state index in [2.05, 4.69) is 43.4 Å². The van der Waals surface area contributed by atoms with Crippen LogP contribution < -0.4 is 5.32 Å². The first-order valence-corrected chi connectivity index (χ1v) is 7.17. The van der Waals surface area contributed by atoms with E-state index in [9.17, 15) is 0 Å². The Morgan fingerprint density at radius 3 is 3.00 bits per heavy atom. The van der Waals surface area contributed by atoms with Crippen LogP contribution in [0.4, 0.5) is 0 Å². The lowest BCUT2D eigenvalue weighted by Gasteiger charge is -2.23. The second-order valence-corrected chi connectivity index (χ2v) is 5.37. The Labute approximate surface area is 111 Å². The zero-order valence-electron chi connectivity index (χ0n) is 11.6. The van der Waals surface area contributed by atoms with E-state index in [1.165, 1.54) is 30.4 Å². The topological polar surface area (TPSA) is 21.3 Å². The van der Waals surface area contributed by atoms with Crippen molar-refractivity contribution in [2.75, 3.05) is 13.2 Å². The Bertz CT molecular complexity index is 358. The van der Waals surface area contributed by atoms with Crippen molar-refractivity contribution in [1.29, 1.82) is 0 Å². The molecule has 0 aromatic heterocycles. The Hall–Kier alpha value is -0.860. The lowest BCUT2D eigenvalue weighted by molar-refractivity contribution is 0.0112. The van der Waals surface area contributed by atoms with Gasteiger partial charge in [-0.05, 0) is 51.6 Å². The van der Waals surface area contributed by atoms with Crippen LogP contribution >= 0.6 is 0 Å². The van der Waals surface area contributed by atoms with Gasteiger partial charge in [-0.25, -0.2) is 0 Å². The minimum Gasteiger partial charge on any atom is -0.378 e. The van der Waals surface area contributed by atoms with Crippen LogP contribution in [0.1, 0.15) is 49.8 Å². The first-order chi connectivity index (χ1) is 8.75. The molecule has 1 aliphatic rings. The third-order valence-electron chi connectivity index (χ3n) is 3.73. The molecule has 2 nitrogen and oxygen atoms in total. The second kappa shape index (κ2) is 6.91. The molecule has 1 aromatic rings. The van der Waals surface area contributed by atoms with Crippen molar-refractivity contribution in [1.82, 2.24) is 5.32 Å². The number of aryl methyl sites for hydroxylation is 1. The molecule has 0 saturated carbocycles. The van der Waals surface area contributed by atoms with Crippen molar-refractivity contribution >= 4 is 0 Å². The van der Waals surface area contributed by atoms with Gasteiger partial charge in [-0.15, -0.1) is 0 Å². The predicted octanol–water partition coefficient (Wildman–Crippen LogP) is 3.60. The maximum Gasteiger partial charge on any atom is 0.0587 e. The zero-order valence-corrected chi connectivity index (χ0v) is 11.6. The molecule has 2 rings (SSSR count). The van der Waals surface area contributed by atoms with Crippen molar-refractivity contribution in [3.63, 3.8) is 0 Å². The fourth-order valence-corrected chi connectivity index (χ4v) is 2.55. The Morgan fingerprint density at radius 1 is 1.39 bits per heavy atom. The fraction of sp³-hybridized carbons (Fsp3) is 0.625. The van der Waals surface area contributed by atoms with Gasteiger partial charge in [0.05, 0.1) is 6.10 Å². The molecular weight excluding hydrogens is 222 g/mol. The van der Waals surface area contributed by atoms with Gasteiger partial charge in [0.25, 0.3) is 0 Å². The van der Waals surface area contributed by atoms with Crippen LogP contribution in [-0.2, 0) is 4.74 Å². The highest BCUT2D eigenvalue weighted by atomic mass is 16.5. The normalized spacial score (nSPS) is 21.8. The average Bonchev–Trinajstić information content (AvgIpc) is 2.40. The molecule has 2 unspecified atom stereocenters. The summed E-state index contributed by atoms with van der Waals surface area (Å²) in [5, 5.41) is 3.59. The lowest BCUT2D eigenvalue weighted by atomic mass is 10.0.